The minimum Gasteiger partial charge on any atom is -0.286 e. The summed E-state index contributed by atoms with van der Waals surface area (Å²) in [6.45, 7) is 6.22. The van der Waals surface area contributed by atoms with E-state index in [1.54, 1.807) is 11.8 Å². The first-order valence-corrected chi connectivity index (χ1v) is 6.39. The summed E-state index contributed by atoms with van der Waals surface area (Å²) >= 11 is 1.70. The molecule has 74 valence electrons. The summed E-state index contributed by atoms with van der Waals surface area (Å²) in [7, 11) is -3.76. The third-order valence-corrected chi connectivity index (χ3v) is 3.25. The van der Waals surface area contributed by atoms with E-state index in [9.17, 15) is 8.42 Å². The Morgan fingerprint density at radius 2 is 1.83 bits per heavy atom. The molecule has 0 saturated heterocycles. The Morgan fingerprint density at radius 3 is 2.17 bits per heavy atom. The van der Waals surface area contributed by atoms with Crippen molar-refractivity contribution in [2.75, 3.05) is 11.5 Å². The minimum absolute atomic E-state index is 0.129. The Kier molecular flexibility index (Phi) is 4.58. The molecule has 0 fully saturated rings. The van der Waals surface area contributed by atoms with Gasteiger partial charge in [0, 0.05) is 4.75 Å². The zero-order valence-electron chi connectivity index (χ0n) is 7.70. The molecule has 0 bridgehead atoms. The standard InChI is InChI=1S/C7H16O3S2/c1-7(2,3)11-5-4-6-12(8,9)10/h4-6H2,1-3H3,(H,8,9,10). The van der Waals surface area contributed by atoms with Crippen molar-refractivity contribution in [3.63, 3.8) is 0 Å². The second-order valence-corrected chi connectivity index (χ2v) is 7.09. The van der Waals surface area contributed by atoms with Crippen LogP contribution in [0.4, 0.5) is 0 Å². The zero-order chi connectivity index (χ0) is 9.83. The summed E-state index contributed by atoms with van der Waals surface area (Å²) in [6, 6.07) is 0. The van der Waals surface area contributed by atoms with Gasteiger partial charge in [-0.2, -0.15) is 20.2 Å². The van der Waals surface area contributed by atoms with Crippen LogP contribution in [0.5, 0.6) is 0 Å². The summed E-state index contributed by atoms with van der Waals surface area (Å²) < 4.78 is 29.2. The van der Waals surface area contributed by atoms with Crippen molar-refractivity contribution in [3.05, 3.63) is 0 Å². The molecule has 0 aliphatic rings. The zero-order valence-corrected chi connectivity index (χ0v) is 9.33. The molecule has 0 aliphatic heterocycles. The second-order valence-electron chi connectivity index (χ2n) is 3.60. The van der Waals surface area contributed by atoms with Crippen molar-refractivity contribution in [2.24, 2.45) is 0 Å². The van der Waals surface area contributed by atoms with Crippen molar-refractivity contribution in [2.45, 2.75) is 31.9 Å². The van der Waals surface area contributed by atoms with E-state index in [4.69, 9.17) is 4.55 Å². The van der Waals surface area contributed by atoms with Crippen molar-refractivity contribution < 1.29 is 13.0 Å². The van der Waals surface area contributed by atoms with Crippen LogP contribution < -0.4 is 0 Å². The topological polar surface area (TPSA) is 54.4 Å². The molecular formula is C7H16O3S2. The lowest BCUT2D eigenvalue weighted by atomic mass is 10.3. The molecule has 0 radical (unpaired) electrons. The summed E-state index contributed by atoms with van der Waals surface area (Å²) in [5, 5.41) is 0. The van der Waals surface area contributed by atoms with Crippen molar-refractivity contribution in [1.82, 2.24) is 0 Å². The molecule has 1 N–H and O–H groups in total. The Bertz CT molecular complexity index is 213. The van der Waals surface area contributed by atoms with Gasteiger partial charge in [0.25, 0.3) is 10.1 Å². The van der Waals surface area contributed by atoms with Crippen LogP contribution in [0.25, 0.3) is 0 Å². The van der Waals surface area contributed by atoms with Gasteiger partial charge in [0.2, 0.25) is 0 Å². The third kappa shape index (κ3) is 10.3. The lowest BCUT2D eigenvalue weighted by Crippen LogP contribution is -2.10. The maximum Gasteiger partial charge on any atom is 0.264 e. The van der Waals surface area contributed by atoms with E-state index in [-0.39, 0.29) is 10.5 Å². The van der Waals surface area contributed by atoms with Gasteiger partial charge in [-0.05, 0) is 12.2 Å². The third-order valence-electron chi connectivity index (χ3n) is 1.08. The monoisotopic (exact) mass is 212 g/mol. The molecule has 12 heavy (non-hydrogen) atoms. The van der Waals surface area contributed by atoms with Crippen LogP contribution in [0.15, 0.2) is 0 Å². The van der Waals surface area contributed by atoms with Crippen molar-refractivity contribution >= 4 is 21.9 Å². The largest absolute Gasteiger partial charge is 0.286 e. The first-order chi connectivity index (χ1) is 5.21. The highest BCUT2D eigenvalue weighted by Gasteiger charge is 2.11. The molecule has 0 heterocycles. The summed E-state index contributed by atoms with van der Waals surface area (Å²) in [6.07, 6.45) is 0.515. The number of hydrogen-bond donors (Lipinski definition) is 1. The van der Waals surface area contributed by atoms with Crippen LogP contribution in [0.1, 0.15) is 27.2 Å². The molecule has 0 spiro atoms. The molecule has 0 amide bonds. The Balaban J connectivity index is 3.48. The van der Waals surface area contributed by atoms with Gasteiger partial charge in [-0.25, -0.2) is 0 Å². The number of thioether (sulfide) groups is 1. The Morgan fingerprint density at radius 1 is 1.33 bits per heavy atom. The molecule has 0 saturated carbocycles. The average Bonchev–Trinajstić information content (AvgIpc) is 1.76. The highest BCUT2D eigenvalue weighted by Crippen LogP contribution is 2.23. The van der Waals surface area contributed by atoms with Crippen molar-refractivity contribution in [1.29, 1.82) is 0 Å². The molecule has 0 unspecified atom stereocenters. The first-order valence-electron chi connectivity index (χ1n) is 3.80. The fraction of sp³-hybridized carbons (Fsp3) is 1.00. The van der Waals surface area contributed by atoms with Gasteiger partial charge < -0.3 is 0 Å². The summed E-state index contributed by atoms with van der Waals surface area (Å²) in [5.74, 6) is 0.638. The minimum atomic E-state index is -3.76. The van der Waals surface area contributed by atoms with Crippen LogP contribution >= 0.6 is 11.8 Å². The molecule has 0 rings (SSSR count). The van der Waals surface area contributed by atoms with Gasteiger partial charge in [0.1, 0.15) is 0 Å². The van der Waals surface area contributed by atoms with Gasteiger partial charge in [-0.3, -0.25) is 4.55 Å². The van der Waals surface area contributed by atoms with E-state index in [1.165, 1.54) is 0 Å². The fourth-order valence-electron chi connectivity index (χ4n) is 0.620. The van der Waals surface area contributed by atoms with E-state index < -0.39 is 10.1 Å². The SMILES string of the molecule is CC(C)(C)SCCCS(=O)(=O)O. The van der Waals surface area contributed by atoms with E-state index in [2.05, 4.69) is 20.8 Å². The number of rotatable bonds is 4. The van der Waals surface area contributed by atoms with E-state index >= 15 is 0 Å². The number of hydrogen-bond acceptors (Lipinski definition) is 3. The molecule has 0 aromatic carbocycles. The van der Waals surface area contributed by atoms with Gasteiger partial charge in [-0.15, -0.1) is 0 Å². The van der Waals surface area contributed by atoms with E-state index in [0.29, 0.717) is 6.42 Å². The van der Waals surface area contributed by atoms with E-state index in [1.807, 2.05) is 0 Å². The molecule has 0 aliphatic carbocycles. The maximum atomic E-state index is 10.3. The second kappa shape index (κ2) is 4.48. The van der Waals surface area contributed by atoms with E-state index in [0.717, 1.165) is 5.75 Å². The first kappa shape index (κ1) is 12.3. The molecule has 0 atom stereocenters. The predicted molar refractivity (Wildman–Crippen MR) is 53.2 cm³/mol. The van der Waals surface area contributed by atoms with Crippen LogP contribution in [-0.4, -0.2) is 29.2 Å². The highest BCUT2D eigenvalue weighted by molar-refractivity contribution is 8.00. The lowest BCUT2D eigenvalue weighted by Gasteiger charge is -2.16. The maximum absolute atomic E-state index is 10.3. The smallest absolute Gasteiger partial charge is 0.264 e. The lowest BCUT2D eigenvalue weighted by molar-refractivity contribution is 0.482. The van der Waals surface area contributed by atoms with Gasteiger partial charge >= 0.3 is 0 Å². The fourth-order valence-corrected chi connectivity index (χ4v) is 2.21. The molecule has 0 aromatic rings. The highest BCUT2D eigenvalue weighted by atomic mass is 32.2. The molecule has 3 nitrogen and oxygen atoms in total. The normalized spacial score (nSPS) is 13.3. The average molecular weight is 212 g/mol. The van der Waals surface area contributed by atoms with Crippen LogP contribution in [0.2, 0.25) is 0 Å². The quantitative estimate of drug-likeness (QED) is 0.570. The van der Waals surface area contributed by atoms with Crippen molar-refractivity contribution in [3.8, 4) is 0 Å². The van der Waals surface area contributed by atoms with Gasteiger partial charge in [0.05, 0.1) is 5.75 Å². The molecule has 5 heteroatoms. The van der Waals surface area contributed by atoms with Crippen LogP contribution in [0.3, 0.4) is 0 Å². The van der Waals surface area contributed by atoms with Gasteiger partial charge in [0.15, 0.2) is 0 Å². The molecule has 0 aromatic heterocycles. The van der Waals surface area contributed by atoms with Crippen LogP contribution in [0, 0.1) is 0 Å². The predicted octanol–water partition coefficient (Wildman–Crippen LogP) is 1.80. The van der Waals surface area contributed by atoms with Gasteiger partial charge in [-0.1, -0.05) is 20.8 Å². The Labute approximate surface area is 78.7 Å². The van der Waals surface area contributed by atoms with Crippen LogP contribution in [-0.2, 0) is 10.1 Å². The summed E-state index contributed by atoms with van der Waals surface area (Å²) in [5.41, 5.74) is 0. The Hall–Kier alpha value is 0.260. The molecular weight excluding hydrogens is 196 g/mol. The summed E-state index contributed by atoms with van der Waals surface area (Å²) in [4.78, 5) is 0.